The summed E-state index contributed by atoms with van der Waals surface area (Å²) in [4.78, 5) is 0. The zero-order chi connectivity index (χ0) is 13.2. The highest BCUT2D eigenvalue weighted by atomic mass is 35.5. The van der Waals surface area contributed by atoms with Crippen LogP contribution in [0.25, 0.3) is 0 Å². The van der Waals surface area contributed by atoms with E-state index in [1.165, 1.54) is 4.31 Å². The largest absolute Gasteiger partial charge is 0.328 e. The van der Waals surface area contributed by atoms with Gasteiger partial charge >= 0.3 is 0 Å². The molecule has 100 valence electrons. The molecule has 1 aliphatic heterocycles. The van der Waals surface area contributed by atoms with Gasteiger partial charge in [0, 0.05) is 24.2 Å². The number of hydrogen-bond donors (Lipinski definition) is 1. The first-order valence-corrected chi connectivity index (χ1v) is 7.94. The molecule has 2 rings (SSSR count). The minimum Gasteiger partial charge on any atom is -0.328 e. The molecule has 0 aliphatic carbocycles. The Bertz CT molecular complexity index is 511. The molecule has 0 saturated carbocycles. The number of benzene rings is 1. The second-order valence-electron chi connectivity index (χ2n) is 4.58. The summed E-state index contributed by atoms with van der Waals surface area (Å²) in [6, 6.07) is 7.16. The van der Waals surface area contributed by atoms with Crippen LogP contribution in [0.5, 0.6) is 0 Å². The van der Waals surface area contributed by atoms with E-state index >= 15 is 0 Å². The Balaban J connectivity index is 2.10. The lowest BCUT2D eigenvalue weighted by atomic mass is 10.1. The molecule has 0 amide bonds. The summed E-state index contributed by atoms with van der Waals surface area (Å²) in [5.41, 5.74) is 6.42. The maximum Gasteiger partial charge on any atom is 0.218 e. The van der Waals surface area contributed by atoms with Crippen LogP contribution in [0.15, 0.2) is 24.3 Å². The van der Waals surface area contributed by atoms with Gasteiger partial charge in [-0.2, -0.15) is 0 Å². The minimum absolute atomic E-state index is 0.0398. The fourth-order valence-corrected chi connectivity index (χ4v) is 3.93. The third-order valence-corrected chi connectivity index (χ3v) is 5.38. The fraction of sp³-hybridized carbons (Fsp3) is 0.500. The molecule has 0 unspecified atom stereocenters. The van der Waals surface area contributed by atoms with E-state index in [9.17, 15) is 8.42 Å². The third-order valence-electron chi connectivity index (χ3n) is 3.19. The molecule has 6 heteroatoms. The number of sulfonamides is 1. The first-order valence-electron chi connectivity index (χ1n) is 5.96. The predicted molar refractivity (Wildman–Crippen MR) is 72.9 cm³/mol. The van der Waals surface area contributed by atoms with Crippen molar-refractivity contribution in [2.75, 3.05) is 13.1 Å². The van der Waals surface area contributed by atoms with Gasteiger partial charge in [0.05, 0.1) is 5.75 Å². The second kappa shape index (κ2) is 5.57. The lowest BCUT2D eigenvalue weighted by molar-refractivity contribution is 0.319. The van der Waals surface area contributed by atoms with Crippen molar-refractivity contribution >= 4 is 21.6 Å². The lowest BCUT2D eigenvalue weighted by Crippen LogP contribution is -2.43. The van der Waals surface area contributed by atoms with Crippen LogP contribution in [0, 0.1) is 0 Å². The standard InChI is InChI=1S/C12H17ClN2O2S/c13-12-4-2-1-3-10(12)9-18(16,17)15-7-5-11(14)6-8-15/h1-4,11H,5-9,14H2. The summed E-state index contributed by atoms with van der Waals surface area (Å²) < 4.78 is 26.0. The van der Waals surface area contributed by atoms with Gasteiger partial charge in [-0.1, -0.05) is 29.8 Å². The Morgan fingerprint density at radius 1 is 1.28 bits per heavy atom. The van der Waals surface area contributed by atoms with Crippen LogP contribution in [0.1, 0.15) is 18.4 Å². The quantitative estimate of drug-likeness (QED) is 0.919. The van der Waals surface area contributed by atoms with Crippen molar-refractivity contribution in [3.63, 3.8) is 0 Å². The van der Waals surface area contributed by atoms with Gasteiger partial charge in [-0.3, -0.25) is 0 Å². The van der Waals surface area contributed by atoms with Crippen LogP contribution >= 0.6 is 11.6 Å². The molecule has 1 heterocycles. The van der Waals surface area contributed by atoms with Gasteiger partial charge in [-0.25, -0.2) is 12.7 Å². The number of halogens is 1. The van der Waals surface area contributed by atoms with Crippen molar-refractivity contribution in [3.05, 3.63) is 34.9 Å². The Kier molecular flexibility index (Phi) is 4.27. The van der Waals surface area contributed by atoms with Crippen LogP contribution in [0.2, 0.25) is 5.02 Å². The van der Waals surface area contributed by atoms with Gasteiger partial charge in [0.1, 0.15) is 0 Å². The topological polar surface area (TPSA) is 63.4 Å². The van der Waals surface area contributed by atoms with Crippen molar-refractivity contribution in [1.29, 1.82) is 0 Å². The molecule has 0 bridgehead atoms. The maximum atomic E-state index is 12.2. The maximum absolute atomic E-state index is 12.2. The Hall–Kier alpha value is -0.620. The molecule has 1 aliphatic rings. The van der Waals surface area contributed by atoms with Crippen LogP contribution < -0.4 is 5.73 Å². The summed E-state index contributed by atoms with van der Waals surface area (Å²) in [7, 11) is -3.29. The average Bonchev–Trinajstić information content (AvgIpc) is 2.32. The van der Waals surface area contributed by atoms with E-state index in [1.807, 2.05) is 0 Å². The Labute approximate surface area is 113 Å². The van der Waals surface area contributed by atoms with Crippen molar-refractivity contribution < 1.29 is 8.42 Å². The van der Waals surface area contributed by atoms with Gasteiger partial charge in [0.25, 0.3) is 0 Å². The number of nitrogens with zero attached hydrogens (tertiary/aromatic N) is 1. The Morgan fingerprint density at radius 2 is 1.89 bits per heavy atom. The van der Waals surface area contributed by atoms with E-state index in [0.717, 1.165) is 12.8 Å². The van der Waals surface area contributed by atoms with E-state index in [-0.39, 0.29) is 11.8 Å². The second-order valence-corrected chi connectivity index (χ2v) is 6.96. The molecular formula is C12H17ClN2O2S. The van der Waals surface area contributed by atoms with Gasteiger partial charge in [0.2, 0.25) is 10.0 Å². The molecule has 0 radical (unpaired) electrons. The van der Waals surface area contributed by atoms with Crippen molar-refractivity contribution in [1.82, 2.24) is 4.31 Å². The van der Waals surface area contributed by atoms with Crippen molar-refractivity contribution in [3.8, 4) is 0 Å². The van der Waals surface area contributed by atoms with E-state index in [2.05, 4.69) is 0 Å². The fourth-order valence-electron chi connectivity index (χ4n) is 2.06. The number of piperidine rings is 1. The molecule has 1 saturated heterocycles. The normalized spacial score (nSPS) is 19.0. The molecule has 18 heavy (non-hydrogen) atoms. The molecule has 4 nitrogen and oxygen atoms in total. The predicted octanol–water partition coefficient (Wildman–Crippen LogP) is 1.59. The third kappa shape index (κ3) is 3.23. The molecule has 0 atom stereocenters. The van der Waals surface area contributed by atoms with E-state index in [0.29, 0.717) is 23.7 Å². The van der Waals surface area contributed by atoms with Crippen molar-refractivity contribution in [2.24, 2.45) is 5.73 Å². The van der Waals surface area contributed by atoms with Gasteiger partial charge in [-0.15, -0.1) is 0 Å². The van der Waals surface area contributed by atoms with Gasteiger partial charge < -0.3 is 5.73 Å². The molecule has 0 spiro atoms. The minimum atomic E-state index is -3.29. The number of hydrogen-bond acceptors (Lipinski definition) is 3. The molecular weight excluding hydrogens is 272 g/mol. The van der Waals surface area contributed by atoms with E-state index < -0.39 is 10.0 Å². The molecule has 1 fully saturated rings. The molecule has 1 aromatic carbocycles. The van der Waals surface area contributed by atoms with Crippen LogP contribution in [-0.2, 0) is 15.8 Å². The average molecular weight is 289 g/mol. The smallest absolute Gasteiger partial charge is 0.218 e. The van der Waals surface area contributed by atoms with Crippen LogP contribution in [0.4, 0.5) is 0 Å². The summed E-state index contributed by atoms with van der Waals surface area (Å²) in [6.45, 7) is 1.02. The Morgan fingerprint density at radius 3 is 2.50 bits per heavy atom. The summed E-state index contributed by atoms with van der Waals surface area (Å²) in [5, 5.41) is 0.495. The molecule has 1 aromatic rings. The highest BCUT2D eigenvalue weighted by Gasteiger charge is 2.27. The van der Waals surface area contributed by atoms with Gasteiger partial charge in [-0.05, 0) is 24.5 Å². The monoisotopic (exact) mass is 288 g/mol. The van der Waals surface area contributed by atoms with E-state index in [1.54, 1.807) is 24.3 Å². The van der Waals surface area contributed by atoms with Crippen molar-refractivity contribution in [2.45, 2.75) is 24.6 Å². The highest BCUT2D eigenvalue weighted by Crippen LogP contribution is 2.21. The lowest BCUT2D eigenvalue weighted by Gasteiger charge is -2.29. The highest BCUT2D eigenvalue weighted by molar-refractivity contribution is 7.88. The van der Waals surface area contributed by atoms with Gasteiger partial charge in [0.15, 0.2) is 0 Å². The summed E-state index contributed by atoms with van der Waals surface area (Å²) in [5.74, 6) is -0.0398. The van der Waals surface area contributed by atoms with Crippen LogP contribution in [-0.4, -0.2) is 31.9 Å². The first-order chi connectivity index (χ1) is 8.49. The molecule has 0 aromatic heterocycles. The zero-order valence-electron chi connectivity index (χ0n) is 10.0. The zero-order valence-corrected chi connectivity index (χ0v) is 11.6. The first kappa shape index (κ1) is 13.8. The SMILES string of the molecule is NC1CCN(S(=O)(=O)Cc2ccccc2Cl)CC1. The van der Waals surface area contributed by atoms with Crippen LogP contribution in [0.3, 0.4) is 0 Å². The number of nitrogens with two attached hydrogens (primary N) is 1. The summed E-state index contributed by atoms with van der Waals surface area (Å²) >= 11 is 5.99. The van der Waals surface area contributed by atoms with E-state index in [4.69, 9.17) is 17.3 Å². The number of rotatable bonds is 3. The molecule has 2 N–H and O–H groups in total. The summed E-state index contributed by atoms with van der Waals surface area (Å²) in [6.07, 6.45) is 1.45.